The number of hydrogen-bond acceptors (Lipinski definition) is 3. The molecule has 2 aromatic rings. The fourth-order valence-corrected chi connectivity index (χ4v) is 1.24. The fourth-order valence-electron chi connectivity index (χ4n) is 1.24. The Bertz CT molecular complexity index is 496. The summed E-state index contributed by atoms with van der Waals surface area (Å²) in [6, 6.07) is 5.27. The number of aryl methyl sites for hydroxylation is 1. The van der Waals surface area contributed by atoms with Crippen molar-refractivity contribution in [1.82, 2.24) is 4.57 Å². The zero-order valence-electron chi connectivity index (χ0n) is 9.40. The summed E-state index contributed by atoms with van der Waals surface area (Å²) in [6.45, 7) is 4.00. The van der Waals surface area contributed by atoms with Gasteiger partial charge in [0.25, 0.3) is 0 Å². The molecule has 15 heavy (non-hydrogen) atoms. The maximum absolute atomic E-state index is 11.1. The SMILES string of the molecule is CC.COc1ccc2c(c1)oc(=O)n2C. The van der Waals surface area contributed by atoms with Gasteiger partial charge in [-0.05, 0) is 12.1 Å². The summed E-state index contributed by atoms with van der Waals surface area (Å²) in [5.74, 6) is 0.324. The maximum Gasteiger partial charge on any atom is 0.419 e. The predicted molar refractivity (Wildman–Crippen MR) is 59.4 cm³/mol. The minimum Gasteiger partial charge on any atom is -0.497 e. The first-order valence-corrected chi connectivity index (χ1v) is 4.86. The van der Waals surface area contributed by atoms with Gasteiger partial charge in [0.15, 0.2) is 5.58 Å². The van der Waals surface area contributed by atoms with Crippen LogP contribution >= 0.6 is 0 Å². The second kappa shape index (κ2) is 4.68. The van der Waals surface area contributed by atoms with Crippen LogP contribution in [0, 0.1) is 0 Å². The second-order valence-electron chi connectivity index (χ2n) is 2.76. The number of aromatic nitrogens is 1. The van der Waals surface area contributed by atoms with Gasteiger partial charge in [-0.15, -0.1) is 0 Å². The van der Waals surface area contributed by atoms with Crippen molar-refractivity contribution in [3.05, 3.63) is 28.7 Å². The van der Waals surface area contributed by atoms with E-state index in [2.05, 4.69) is 0 Å². The number of nitrogens with zero attached hydrogens (tertiary/aromatic N) is 1. The van der Waals surface area contributed by atoms with E-state index in [1.807, 2.05) is 13.8 Å². The number of oxazole rings is 1. The molecular weight excluding hydrogens is 194 g/mol. The van der Waals surface area contributed by atoms with Crippen LogP contribution in [0.4, 0.5) is 0 Å². The molecule has 1 heterocycles. The molecule has 0 aliphatic carbocycles. The Hall–Kier alpha value is -1.71. The molecule has 0 aliphatic rings. The van der Waals surface area contributed by atoms with Crippen LogP contribution in [0.15, 0.2) is 27.4 Å². The Labute approximate surface area is 88.1 Å². The van der Waals surface area contributed by atoms with E-state index in [-0.39, 0.29) is 5.76 Å². The van der Waals surface area contributed by atoms with Crippen LogP contribution in [0.5, 0.6) is 5.75 Å². The van der Waals surface area contributed by atoms with Crippen LogP contribution in [0.1, 0.15) is 13.8 Å². The van der Waals surface area contributed by atoms with E-state index in [0.717, 1.165) is 5.52 Å². The van der Waals surface area contributed by atoms with Crippen LogP contribution < -0.4 is 10.5 Å². The Morgan fingerprint density at radius 2 is 2.00 bits per heavy atom. The largest absolute Gasteiger partial charge is 0.497 e. The average Bonchev–Trinajstić information content (AvgIpc) is 2.57. The molecule has 0 saturated heterocycles. The standard InChI is InChI=1S/C9H9NO3.C2H6/c1-10-7-4-3-6(12-2)5-8(7)13-9(10)11;1-2/h3-5H,1-2H3;1-2H3. The van der Waals surface area contributed by atoms with E-state index in [0.29, 0.717) is 11.3 Å². The summed E-state index contributed by atoms with van der Waals surface area (Å²) in [5, 5.41) is 0. The molecule has 4 nitrogen and oxygen atoms in total. The van der Waals surface area contributed by atoms with E-state index < -0.39 is 0 Å². The first-order chi connectivity index (χ1) is 7.22. The minimum atomic E-state index is -0.358. The van der Waals surface area contributed by atoms with Gasteiger partial charge in [-0.1, -0.05) is 13.8 Å². The average molecular weight is 209 g/mol. The molecule has 1 aromatic heterocycles. The summed E-state index contributed by atoms with van der Waals surface area (Å²) in [5.41, 5.74) is 1.32. The molecule has 0 spiro atoms. The first kappa shape index (κ1) is 11.4. The van der Waals surface area contributed by atoms with Crippen molar-refractivity contribution in [3.63, 3.8) is 0 Å². The van der Waals surface area contributed by atoms with E-state index >= 15 is 0 Å². The van der Waals surface area contributed by atoms with E-state index in [1.165, 1.54) is 4.57 Å². The summed E-state index contributed by atoms with van der Waals surface area (Å²) in [4.78, 5) is 11.1. The molecule has 0 N–H and O–H groups in total. The van der Waals surface area contributed by atoms with Crippen LogP contribution in [0.3, 0.4) is 0 Å². The Balaban J connectivity index is 0.000000531. The Morgan fingerprint density at radius 1 is 1.33 bits per heavy atom. The highest BCUT2D eigenvalue weighted by molar-refractivity contribution is 5.74. The molecule has 82 valence electrons. The molecule has 0 fully saturated rings. The van der Waals surface area contributed by atoms with E-state index in [4.69, 9.17) is 9.15 Å². The molecule has 0 saturated carbocycles. The number of methoxy groups -OCH3 is 1. The lowest BCUT2D eigenvalue weighted by Gasteiger charge is -1.97. The van der Waals surface area contributed by atoms with Gasteiger partial charge in [-0.25, -0.2) is 4.79 Å². The number of ether oxygens (including phenoxy) is 1. The van der Waals surface area contributed by atoms with Gasteiger partial charge in [-0.3, -0.25) is 4.57 Å². The molecule has 0 amide bonds. The summed E-state index contributed by atoms with van der Waals surface area (Å²) < 4.78 is 11.4. The fraction of sp³-hybridized carbons (Fsp3) is 0.364. The predicted octanol–water partition coefficient (Wildman–Crippen LogP) is 2.17. The third-order valence-electron chi connectivity index (χ3n) is 2.00. The van der Waals surface area contributed by atoms with Gasteiger partial charge >= 0.3 is 5.76 Å². The van der Waals surface area contributed by atoms with Crippen molar-refractivity contribution in [2.75, 3.05) is 7.11 Å². The monoisotopic (exact) mass is 209 g/mol. The van der Waals surface area contributed by atoms with Crippen molar-refractivity contribution in [1.29, 1.82) is 0 Å². The Kier molecular flexibility index (Phi) is 3.55. The van der Waals surface area contributed by atoms with Gasteiger partial charge in [0.1, 0.15) is 5.75 Å². The maximum atomic E-state index is 11.1. The lowest BCUT2D eigenvalue weighted by Crippen LogP contribution is -2.08. The normalized spacial score (nSPS) is 9.60. The van der Waals surface area contributed by atoms with Crippen molar-refractivity contribution in [2.45, 2.75) is 13.8 Å². The summed E-state index contributed by atoms with van der Waals surface area (Å²) in [7, 11) is 3.24. The summed E-state index contributed by atoms with van der Waals surface area (Å²) >= 11 is 0. The molecule has 0 unspecified atom stereocenters. The van der Waals surface area contributed by atoms with Crippen molar-refractivity contribution < 1.29 is 9.15 Å². The highest BCUT2D eigenvalue weighted by Gasteiger charge is 2.05. The molecule has 0 bridgehead atoms. The topological polar surface area (TPSA) is 44.4 Å². The third kappa shape index (κ3) is 2.03. The molecule has 0 atom stereocenters. The third-order valence-corrected chi connectivity index (χ3v) is 2.00. The van der Waals surface area contributed by atoms with Gasteiger partial charge in [-0.2, -0.15) is 0 Å². The van der Waals surface area contributed by atoms with Gasteiger partial charge in [0.2, 0.25) is 0 Å². The van der Waals surface area contributed by atoms with E-state index in [9.17, 15) is 4.79 Å². The molecular formula is C11H15NO3. The van der Waals surface area contributed by atoms with Crippen LogP contribution in [0.2, 0.25) is 0 Å². The number of fused-ring (bicyclic) bond motifs is 1. The van der Waals surface area contributed by atoms with Crippen molar-refractivity contribution in [2.24, 2.45) is 7.05 Å². The highest BCUT2D eigenvalue weighted by Crippen LogP contribution is 2.18. The van der Waals surface area contributed by atoms with Crippen LogP contribution in [-0.2, 0) is 7.05 Å². The van der Waals surface area contributed by atoms with Crippen molar-refractivity contribution >= 4 is 11.1 Å². The second-order valence-corrected chi connectivity index (χ2v) is 2.76. The van der Waals surface area contributed by atoms with Gasteiger partial charge in [0.05, 0.1) is 12.6 Å². The zero-order valence-corrected chi connectivity index (χ0v) is 9.40. The van der Waals surface area contributed by atoms with Crippen molar-refractivity contribution in [3.8, 4) is 5.75 Å². The zero-order chi connectivity index (χ0) is 11.4. The smallest absolute Gasteiger partial charge is 0.419 e. The molecule has 2 rings (SSSR count). The van der Waals surface area contributed by atoms with E-state index in [1.54, 1.807) is 32.4 Å². The Morgan fingerprint density at radius 3 is 2.60 bits per heavy atom. The molecule has 0 aliphatic heterocycles. The number of rotatable bonds is 1. The van der Waals surface area contributed by atoms with Crippen LogP contribution in [0.25, 0.3) is 11.1 Å². The first-order valence-electron chi connectivity index (χ1n) is 4.86. The highest BCUT2D eigenvalue weighted by atomic mass is 16.5. The molecule has 4 heteroatoms. The molecule has 1 aromatic carbocycles. The van der Waals surface area contributed by atoms with Gasteiger partial charge in [0, 0.05) is 13.1 Å². The lowest BCUT2D eigenvalue weighted by molar-refractivity contribution is 0.414. The molecule has 0 radical (unpaired) electrons. The lowest BCUT2D eigenvalue weighted by atomic mass is 10.3. The minimum absolute atomic E-state index is 0.358. The van der Waals surface area contributed by atoms with Gasteiger partial charge < -0.3 is 9.15 Å². The van der Waals surface area contributed by atoms with Crippen LogP contribution in [-0.4, -0.2) is 11.7 Å². The number of benzene rings is 1. The number of hydrogen-bond donors (Lipinski definition) is 0. The quantitative estimate of drug-likeness (QED) is 0.723. The summed E-state index contributed by atoms with van der Waals surface area (Å²) in [6.07, 6.45) is 0.